The SMILES string of the molecule is CCCCNC(=O)C(Cc1ccccc1)N(Cc1ccc(C)cc1)C(=O)CN(c1cccc(Cl)c1Cl)S(=O)(=O)c1ccc(C)cc1. The van der Waals surface area contributed by atoms with Gasteiger partial charge in [-0.05, 0) is 55.7 Å². The van der Waals surface area contributed by atoms with Crippen LogP contribution in [0.15, 0.2) is 102 Å². The van der Waals surface area contributed by atoms with Crippen LogP contribution in [-0.4, -0.2) is 44.3 Å². The van der Waals surface area contributed by atoms with Gasteiger partial charge >= 0.3 is 0 Å². The molecule has 4 aromatic rings. The molecule has 0 saturated heterocycles. The van der Waals surface area contributed by atoms with Crippen molar-refractivity contribution in [2.24, 2.45) is 0 Å². The van der Waals surface area contributed by atoms with Crippen LogP contribution in [0.25, 0.3) is 0 Å². The van der Waals surface area contributed by atoms with Crippen LogP contribution in [0.3, 0.4) is 0 Å². The second-order valence-corrected chi connectivity index (χ2v) is 13.9. The summed E-state index contributed by atoms with van der Waals surface area (Å²) in [7, 11) is -4.30. The lowest BCUT2D eigenvalue weighted by Gasteiger charge is -2.34. The number of rotatable bonds is 14. The zero-order chi connectivity index (χ0) is 33.3. The number of carbonyl (C=O) groups excluding carboxylic acids is 2. The molecule has 0 heterocycles. The molecule has 0 aliphatic rings. The van der Waals surface area contributed by atoms with Gasteiger partial charge in [0.25, 0.3) is 10.0 Å². The van der Waals surface area contributed by atoms with Gasteiger partial charge in [0.05, 0.1) is 20.6 Å². The van der Waals surface area contributed by atoms with Crippen molar-refractivity contribution in [1.82, 2.24) is 10.2 Å². The summed E-state index contributed by atoms with van der Waals surface area (Å²) < 4.78 is 29.4. The molecule has 0 radical (unpaired) electrons. The third-order valence-corrected chi connectivity index (χ3v) is 10.2. The first-order chi connectivity index (χ1) is 22.0. The highest BCUT2D eigenvalue weighted by Crippen LogP contribution is 2.35. The molecule has 0 aromatic heterocycles. The van der Waals surface area contributed by atoms with E-state index in [4.69, 9.17) is 23.2 Å². The minimum atomic E-state index is -4.30. The normalized spacial score (nSPS) is 11.9. The van der Waals surface area contributed by atoms with Gasteiger partial charge in [-0.15, -0.1) is 0 Å². The monoisotopic (exact) mass is 679 g/mol. The van der Waals surface area contributed by atoms with Crippen molar-refractivity contribution in [2.45, 2.75) is 57.5 Å². The molecule has 4 rings (SSSR count). The van der Waals surface area contributed by atoms with Gasteiger partial charge in [0.1, 0.15) is 12.6 Å². The van der Waals surface area contributed by atoms with E-state index < -0.39 is 28.5 Å². The van der Waals surface area contributed by atoms with Crippen molar-refractivity contribution < 1.29 is 18.0 Å². The van der Waals surface area contributed by atoms with E-state index >= 15 is 0 Å². The minimum Gasteiger partial charge on any atom is -0.354 e. The van der Waals surface area contributed by atoms with E-state index in [1.54, 1.807) is 24.3 Å². The molecular formula is C36H39Cl2N3O4S. The smallest absolute Gasteiger partial charge is 0.264 e. The average molecular weight is 681 g/mol. The molecule has 0 aliphatic carbocycles. The fourth-order valence-electron chi connectivity index (χ4n) is 4.99. The van der Waals surface area contributed by atoms with Crippen LogP contribution in [0, 0.1) is 13.8 Å². The standard InChI is InChI=1S/C36H39Cl2N3O4S/c1-4-5-22-39-36(43)33(23-28-10-7-6-8-11-28)40(24-29-18-14-26(2)15-19-29)34(42)25-41(32-13-9-12-31(37)35(32)38)46(44,45)30-20-16-27(3)17-21-30/h6-21,33H,4-5,22-25H2,1-3H3,(H,39,43). The van der Waals surface area contributed by atoms with Gasteiger partial charge in [0, 0.05) is 19.5 Å². The maximum atomic E-state index is 14.6. The van der Waals surface area contributed by atoms with Crippen LogP contribution in [0.2, 0.25) is 10.0 Å². The van der Waals surface area contributed by atoms with Crippen LogP contribution >= 0.6 is 23.2 Å². The lowest BCUT2D eigenvalue weighted by Crippen LogP contribution is -2.53. The summed E-state index contributed by atoms with van der Waals surface area (Å²) in [5.41, 5.74) is 3.65. The van der Waals surface area contributed by atoms with Crippen molar-refractivity contribution in [3.63, 3.8) is 0 Å². The number of nitrogens with one attached hydrogen (secondary N) is 1. The van der Waals surface area contributed by atoms with Gasteiger partial charge < -0.3 is 10.2 Å². The Morgan fingerprint density at radius 2 is 1.43 bits per heavy atom. The number of anilines is 1. The van der Waals surface area contributed by atoms with Crippen molar-refractivity contribution >= 4 is 50.7 Å². The van der Waals surface area contributed by atoms with Gasteiger partial charge in [-0.3, -0.25) is 13.9 Å². The second-order valence-electron chi connectivity index (χ2n) is 11.3. The Morgan fingerprint density at radius 3 is 2.07 bits per heavy atom. The topological polar surface area (TPSA) is 86.8 Å². The Balaban J connectivity index is 1.81. The third kappa shape index (κ3) is 8.90. The molecule has 1 atom stereocenters. The quantitative estimate of drug-likeness (QED) is 0.141. The Labute approximate surface area is 282 Å². The summed E-state index contributed by atoms with van der Waals surface area (Å²) in [6.45, 7) is 5.78. The first kappa shape index (κ1) is 35.0. The summed E-state index contributed by atoms with van der Waals surface area (Å²) in [6.07, 6.45) is 1.91. The fourth-order valence-corrected chi connectivity index (χ4v) is 6.86. The zero-order valence-corrected chi connectivity index (χ0v) is 28.6. The van der Waals surface area contributed by atoms with Gasteiger partial charge in [-0.2, -0.15) is 0 Å². The first-order valence-electron chi connectivity index (χ1n) is 15.2. The van der Waals surface area contributed by atoms with Crippen molar-refractivity contribution in [3.8, 4) is 0 Å². The van der Waals surface area contributed by atoms with E-state index in [0.29, 0.717) is 6.54 Å². The van der Waals surface area contributed by atoms with E-state index in [0.717, 1.165) is 39.4 Å². The predicted octanol–water partition coefficient (Wildman–Crippen LogP) is 7.36. The Hall–Kier alpha value is -3.85. The fraction of sp³-hybridized carbons (Fsp3) is 0.278. The highest BCUT2D eigenvalue weighted by atomic mass is 35.5. The molecule has 0 bridgehead atoms. The summed E-state index contributed by atoms with van der Waals surface area (Å²) in [5, 5.41) is 3.13. The number of amides is 2. The molecule has 0 aliphatic heterocycles. The Morgan fingerprint density at radius 1 is 0.804 bits per heavy atom. The molecule has 10 heteroatoms. The number of sulfonamides is 1. The van der Waals surface area contributed by atoms with Gasteiger partial charge in [0.2, 0.25) is 11.8 Å². The zero-order valence-electron chi connectivity index (χ0n) is 26.2. The maximum Gasteiger partial charge on any atom is 0.264 e. The minimum absolute atomic E-state index is 0.00381. The number of benzene rings is 4. The molecule has 0 fully saturated rings. The molecule has 0 spiro atoms. The number of halogens is 2. The second kappa shape index (κ2) is 16.1. The van der Waals surface area contributed by atoms with Gasteiger partial charge in [0.15, 0.2) is 0 Å². The molecule has 4 aromatic carbocycles. The van der Waals surface area contributed by atoms with Crippen molar-refractivity contribution in [1.29, 1.82) is 0 Å². The number of unbranched alkanes of at least 4 members (excludes halogenated alkanes) is 1. The maximum absolute atomic E-state index is 14.6. The van der Waals surface area contributed by atoms with E-state index in [9.17, 15) is 18.0 Å². The molecule has 1 N–H and O–H groups in total. The predicted molar refractivity (Wildman–Crippen MR) is 186 cm³/mol. The number of hydrogen-bond acceptors (Lipinski definition) is 4. The van der Waals surface area contributed by atoms with Crippen LogP contribution < -0.4 is 9.62 Å². The van der Waals surface area contributed by atoms with Gasteiger partial charge in [-0.1, -0.05) is 120 Å². The lowest BCUT2D eigenvalue weighted by molar-refractivity contribution is -0.140. The number of aryl methyl sites for hydroxylation is 2. The summed E-state index contributed by atoms with van der Waals surface area (Å²) in [5.74, 6) is -0.884. The lowest BCUT2D eigenvalue weighted by atomic mass is 10.0. The van der Waals surface area contributed by atoms with Gasteiger partial charge in [-0.25, -0.2) is 8.42 Å². The van der Waals surface area contributed by atoms with Crippen LogP contribution in [0.4, 0.5) is 5.69 Å². The number of carbonyl (C=O) groups is 2. The van der Waals surface area contributed by atoms with E-state index in [1.807, 2.05) is 75.4 Å². The summed E-state index contributed by atoms with van der Waals surface area (Å²) in [4.78, 5) is 29.9. The molecule has 46 heavy (non-hydrogen) atoms. The Bertz CT molecular complexity index is 1730. The van der Waals surface area contributed by atoms with Crippen LogP contribution in [-0.2, 0) is 32.6 Å². The van der Waals surface area contributed by atoms with Crippen molar-refractivity contribution in [3.05, 3.63) is 129 Å². The largest absolute Gasteiger partial charge is 0.354 e. The van der Waals surface area contributed by atoms with E-state index in [2.05, 4.69) is 5.32 Å². The molecule has 2 amide bonds. The molecule has 0 saturated carbocycles. The molecule has 1 unspecified atom stereocenters. The summed E-state index contributed by atoms with van der Waals surface area (Å²) in [6, 6.07) is 27.2. The van der Waals surface area contributed by atoms with E-state index in [-0.39, 0.29) is 39.5 Å². The number of nitrogens with zero attached hydrogens (tertiary/aromatic N) is 2. The van der Waals surface area contributed by atoms with Crippen LogP contribution in [0.5, 0.6) is 0 Å². The highest BCUT2D eigenvalue weighted by molar-refractivity contribution is 7.92. The highest BCUT2D eigenvalue weighted by Gasteiger charge is 2.35. The Kier molecular flexibility index (Phi) is 12.3. The molecule has 7 nitrogen and oxygen atoms in total. The third-order valence-electron chi connectivity index (χ3n) is 7.66. The average Bonchev–Trinajstić information content (AvgIpc) is 3.04. The van der Waals surface area contributed by atoms with E-state index in [1.165, 1.54) is 23.1 Å². The first-order valence-corrected chi connectivity index (χ1v) is 17.4. The molecular weight excluding hydrogens is 641 g/mol. The van der Waals surface area contributed by atoms with Crippen LogP contribution in [0.1, 0.15) is 42.0 Å². The van der Waals surface area contributed by atoms with Crippen molar-refractivity contribution in [2.75, 3.05) is 17.4 Å². The summed E-state index contributed by atoms with van der Waals surface area (Å²) >= 11 is 12.9. The number of hydrogen-bond donors (Lipinski definition) is 1. The molecule has 242 valence electrons.